The third-order valence-corrected chi connectivity index (χ3v) is 1.51. The Morgan fingerprint density at radius 1 is 1.31 bits per heavy atom. The minimum Gasteiger partial charge on any atom is -0.480 e. The second-order valence-corrected chi connectivity index (χ2v) is 2.86. The summed E-state index contributed by atoms with van der Waals surface area (Å²) >= 11 is 0. The lowest BCUT2D eigenvalue weighted by Gasteiger charge is -2.08. The van der Waals surface area contributed by atoms with Crippen LogP contribution in [0.2, 0.25) is 0 Å². The molecule has 0 unspecified atom stereocenters. The van der Waals surface area contributed by atoms with E-state index in [1.165, 1.54) is 0 Å². The number of carbonyl (C=O) groups is 3. The van der Waals surface area contributed by atoms with E-state index >= 15 is 0 Å². The van der Waals surface area contributed by atoms with Crippen LogP contribution in [0, 0.1) is 0 Å². The molecule has 0 fully saturated rings. The van der Waals surface area contributed by atoms with Crippen molar-refractivity contribution in [2.75, 3.05) is 0 Å². The molecule has 4 N–H and O–H groups in total. The molecule has 2 amide bonds. The fraction of sp³-hybridized carbons (Fsp3) is 0.571. The van der Waals surface area contributed by atoms with E-state index in [2.05, 4.69) is 0 Å². The van der Waals surface area contributed by atoms with Crippen LogP contribution in [-0.4, -0.2) is 35.1 Å². The van der Waals surface area contributed by atoms with Gasteiger partial charge in [0.2, 0.25) is 5.91 Å². The van der Waals surface area contributed by atoms with Crippen molar-refractivity contribution in [3.8, 4) is 0 Å². The van der Waals surface area contributed by atoms with Crippen LogP contribution in [0.4, 0.5) is 13.2 Å². The van der Waals surface area contributed by atoms with E-state index in [4.69, 9.17) is 10.8 Å². The van der Waals surface area contributed by atoms with Gasteiger partial charge in [-0.2, -0.15) is 13.2 Å². The molecule has 92 valence electrons. The van der Waals surface area contributed by atoms with Crippen LogP contribution in [0.15, 0.2) is 0 Å². The molecule has 0 aromatic rings. The zero-order valence-corrected chi connectivity index (χ0v) is 7.87. The highest BCUT2D eigenvalue weighted by Gasteiger charge is 2.39. The molecule has 0 aromatic carbocycles. The van der Waals surface area contributed by atoms with Gasteiger partial charge in [-0.1, -0.05) is 0 Å². The number of hydrogen-bond acceptors (Lipinski definition) is 4. The van der Waals surface area contributed by atoms with E-state index in [9.17, 15) is 27.6 Å². The highest BCUT2D eigenvalue weighted by atomic mass is 19.4. The van der Waals surface area contributed by atoms with Gasteiger partial charge in [0.25, 0.3) is 0 Å². The molecule has 0 radical (unpaired) electrons. The number of hydrogen-bond donors (Lipinski definition) is 3. The van der Waals surface area contributed by atoms with Gasteiger partial charge in [-0.3, -0.25) is 19.7 Å². The average molecular weight is 242 g/mol. The number of nitrogens with one attached hydrogen (secondary N) is 1. The Bertz CT molecular complexity index is 302. The van der Waals surface area contributed by atoms with Crippen molar-refractivity contribution in [3.05, 3.63) is 0 Å². The Labute approximate surface area is 87.6 Å². The molecule has 1 atom stereocenters. The molecule has 0 spiro atoms. The Kier molecular flexibility index (Phi) is 4.89. The van der Waals surface area contributed by atoms with Gasteiger partial charge in [-0.15, -0.1) is 0 Å². The highest BCUT2D eigenvalue weighted by molar-refractivity contribution is 5.97. The van der Waals surface area contributed by atoms with Gasteiger partial charge in [0.05, 0.1) is 0 Å². The third kappa shape index (κ3) is 5.29. The highest BCUT2D eigenvalue weighted by Crippen LogP contribution is 2.14. The first kappa shape index (κ1) is 14.4. The van der Waals surface area contributed by atoms with Crippen molar-refractivity contribution in [3.63, 3.8) is 0 Å². The quantitative estimate of drug-likeness (QED) is 0.608. The number of carboxylic acids is 1. The maximum absolute atomic E-state index is 11.7. The first-order valence-corrected chi connectivity index (χ1v) is 4.04. The summed E-state index contributed by atoms with van der Waals surface area (Å²) in [6.07, 6.45) is -6.08. The van der Waals surface area contributed by atoms with Crippen LogP contribution in [0.1, 0.15) is 12.8 Å². The fourth-order valence-corrected chi connectivity index (χ4v) is 0.670. The van der Waals surface area contributed by atoms with Crippen molar-refractivity contribution in [2.45, 2.75) is 25.1 Å². The monoisotopic (exact) mass is 242 g/mol. The fourth-order valence-electron chi connectivity index (χ4n) is 0.670. The summed E-state index contributed by atoms with van der Waals surface area (Å²) in [6.45, 7) is 0. The Morgan fingerprint density at radius 2 is 1.81 bits per heavy atom. The molecule has 0 aliphatic rings. The second-order valence-electron chi connectivity index (χ2n) is 2.86. The predicted molar refractivity (Wildman–Crippen MR) is 44.0 cm³/mol. The van der Waals surface area contributed by atoms with Crippen molar-refractivity contribution in [2.24, 2.45) is 5.73 Å². The summed E-state index contributed by atoms with van der Waals surface area (Å²) in [4.78, 5) is 31.2. The summed E-state index contributed by atoms with van der Waals surface area (Å²) in [5.74, 6) is -4.99. The molecule has 0 aliphatic carbocycles. The molecule has 0 aliphatic heterocycles. The third-order valence-electron chi connectivity index (χ3n) is 1.51. The maximum Gasteiger partial charge on any atom is 0.471 e. The smallest absolute Gasteiger partial charge is 0.471 e. The molecule has 0 aromatic heterocycles. The number of imide groups is 1. The minimum atomic E-state index is -5.15. The van der Waals surface area contributed by atoms with E-state index < -0.39 is 36.4 Å². The maximum atomic E-state index is 11.7. The first-order chi connectivity index (χ1) is 7.14. The van der Waals surface area contributed by atoms with Gasteiger partial charge in [0, 0.05) is 6.42 Å². The van der Waals surface area contributed by atoms with Crippen LogP contribution in [0.5, 0.6) is 0 Å². The number of amides is 2. The molecular formula is C7H9F3N2O4. The normalized spacial score (nSPS) is 13.0. The molecular weight excluding hydrogens is 233 g/mol. The zero-order chi connectivity index (χ0) is 12.9. The van der Waals surface area contributed by atoms with Crippen LogP contribution in [0.25, 0.3) is 0 Å². The van der Waals surface area contributed by atoms with Crippen molar-refractivity contribution in [1.29, 1.82) is 0 Å². The summed E-state index contributed by atoms with van der Waals surface area (Å²) in [7, 11) is 0. The zero-order valence-electron chi connectivity index (χ0n) is 7.87. The SMILES string of the molecule is N[C@@H](CCC(=O)NC(=O)C(F)(F)F)C(=O)O. The van der Waals surface area contributed by atoms with Crippen molar-refractivity contribution < 1.29 is 32.7 Å². The number of carbonyl (C=O) groups excluding carboxylic acids is 2. The molecule has 0 saturated carbocycles. The summed E-state index contributed by atoms with van der Waals surface area (Å²) in [5, 5.41) is 9.37. The minimum absolute atomic E-state index is 0.355. The number of halogens is 3. The Balaban J connectivity index is 4.02. The summed E-state index contributed by atoms with van der Waals surface area (Å²) in [5.41, 5.74) is 4.99. The first-order valence-electron chi connectivity index (χ1n) is 4.04. The van der Waals surface area contributed by atoms with Crippen molar-refractivity contribution >= 4 is 17.8 Å². The lowest BCUT2D eigenvalue weighted by atomic mass is 10.1. The molecule has 9 heteroatoms. The largest absolute Gasteiger partial charge is 0.480 e. The second kappa shape index (κ2) is 5.45. The van der Waals surface area contributed by atoms with Gasteiger partial charge in [-0.25, -0.2) is 0 Å². The van der Waals surface area contributed by atoms with E-state index in [1.807, 2.05) is 0 Å². The number of nitrogens with two attached hydrogens (primary N) is 1. The van der Waals surface area contributed by atoms with E-state index in [-0.39, 0.29) is 6.42 Å². The molecule has 6 nitrogen and oxygen atoms in total. The molecule has 0 rings (SSSR count). The Hall–Kier alpha value is -1.64. The van der Waals surface area contributed by atoms with Gasteiger partial charge in [0.15, 0.2) is 0 Å². The van der Waals surface area contributed by atoms with E-state index in [0.29, 0.717) is 0 Å². The lowest BCUT2D eigenvalue weighted by Crippen LogP contribution is -2.41. The standard InChI is InChI=1S/C7H9F3N2O4/c8-7(9,10)6(16)12-4(13)2-1-3(11)5(14)15/h3H,1-2,11H2,(H,14,15)(H,12,13,16)/t3-/m0/s1. The van der Waals surface area contributed by atoms with Crippen LogP contribution in [0.3, 0.4) is 0 Å². The molecule has 0 heterocycles. The van der Waals surface area contributed by atoms with Crippen LogP contribution < -0.4 is 11.1 Å². The van der Waals surface area contributed by atoms with Crippen molar-refractivity contribution in [1.82, 2.24) is 5.32 Å². The summed E-state index contributed by atoms with van der Waals surface area (Å²) < 4.78 is 35.0. The van der Waals surface area contributed by atoms with Gasteiger partial charge in [0.1, 0.15) is 6.04 Å². The lowest BCUT2D eigenvalue weighted by molar-refractivity contribution is -0.174. The number of rotatable bonds is 4. The van der Waals surface area contributed by atoms with E-state index in [0.717, 1.165) is 5.32 Å². The molecule has 0 saturated heterocycles. The summed E-state index contributed by atoms with van der Waals surface area (Å²) in [6, 6.07) is -1.35. The van der Waals surface area contributed by atoms with Crippen LogP contribution in [-0.2, 0) is 14.4 Å². The number of carboxylic acid groups (broad SMARTS) is 1. The number of aliphatic carboxylic acids is 1. The molecule has 16 heavy (non-hydrogen) atoms. The topological polar surface area (TPSA) is 109 Å². The predicted octanol–water partition coefficient (Wildman–Crippen LogP) is -0.616. The average Bonchev–Trinajstić information content (AvgIpc) is 2.12. The van der Waals surface area contributed by atoms with Gasteiger partial charge < -0.3 is 10.8 Å². The van der Waals surface area contributed by atoms with E-state index in [1.54, 1.807) is 0 Å². The number of alkyl halides is 3. The Morgan fingerprint density at radius 3 is 2.19 bits per heavy atom. The molecule has 0 bridgehead atoms. The van der Waals surface area contributed by atoms with Gasteiger partial charge in [-0.05, 0) is 6.42 Å². The van der Waals surface area contributed by atoms with Crippen LogP contribution >= 0.6 is 0 Å². The van der Waals surface area contributed by atoms with Gasteiger partial charge >= 0.3 is 18.1 Å².